The van der Waals surface area contributed by atoms with Crippen LogP contribution in [0.3, 0.4) is 0 Å². The third-order valence-corrected chi connectivity index (χ3v) is 12.1. The van der Waals surface area contributed by atoms with Gasteiger partial charge in [0.2, 0.25) is 11.7 Å². The van der Waals surface area contributed by atoms with Crippen LogP contribution in [-0.4, -0.2) is 78.1 Å². The zero-order chi connectivity index (χ0) is 42.3. The number of likely N-dealkylation sites (N-methyl/N-ethyl adjacent to an activating group) is 1. The van der Waals surface area contributed by atoms with Gasteiger partial charge in [0.25, 0.3) is 0 Å². The summed E-state index contributed by atoms with van der Waals surface area (Å²) >= 11 is 0. The molecule has 1 aliphatic heterocycles. The fourth-order valence-corrected chi connectivity index (χ4v) is 9.15. The van der Waals surface area contributed by atoms with Gasteiger partial charge in [-0.2, -0.15) is 0 Å². The van der Waals surface area contributed by atoms with Crippen molar-refractivity contribution in [1.29, 1.82) is 0 Å². The predicted molar refractivity (Wildman–Crippen MR) is 231 cm³/mol. The number of fused-ring (bicyclic) bond motifs is 2. The molecule has 2 aliphatic carbocycles. The molecule has 0 radical (unpaired) electrons. The molecule has 6 atom stereocenters. The number of benzene rings is 3. The van der Waals surface area contributed by atoms with E-state index in [1.165, 1.54) is 5.56 Å². The Morgan fingerprint density at radius 1 is 0.966 bits per heavy atom. The average molecular weight is 809 g/mol. The van der Waals surface area contributed by atoms with E-state index in [0.29, 0.717) is 36.5 Å². The second-order valence-electron chi connectivity index (χ2n) is 17.4. The Morgan fingerprint density at radius 3 is 2.39 bits per heavy atom. The van der Waals surface area contributed by atoms with E-state index >= 15 is 0 Å². The number of hydrogen-bond donors (Lipinski definition) is 2. The van der Waals surface area contributed by atoms with E-state index in [0.717, 1.165) is 59.4 Å². The fourth-order valence-electron chi connectivity index (χ4n) is 9.15. The third kappa shape index (κ3) is 9.88. The van der Waals surface area contributed by atoms with Crippen LogP contribution in [0.2, 0.25) is 0 Å². The minimum atomic E-state index is -1.33. The smallest absolute Gasteiger partial charge is 0.239 e. The van der Waals surface area contributed by atoms with E-state index in [-0.39, 0.29) is 49.9 Å². The Balaban J connectivity index is 1.56. The van der Waals surface area contributed by atoms with E-state index in [9.17, 15) is 15.0 Å². The lowest BCUT2D eigenvalue weighted by Crippen LogP contribution is -2.69. The molecule has 0 bridgehead atoms. The van der Waals surface area contributed by atoms with Crippen LogP contribution in [0.4, 0.5) is 0 Å². The van der Waals surface area contributed by atoms with Gasteiger partial charge in [-0.05, 0) is 137 Å². The van der Waals surface area contributed by atoms with Crippen LogP contribution < -0.4 is 14.2 Å². The van der Waals surface area contributed by atoms with Gasteiger partial charge in [-0.1, -0.05) is 48.3 Å². The number of unbranched alkanes of at least 4 members (excludes halogenated alkanes) is 2. The minimum absolute atomic E-state index is 0.0987. The largest absolute Gasteiger partial charge is 0.497 e. The molecule has 0 aromatic heterocycles. The summed E-state index contributed by atoms with van der Waals surface area (Å²) < 4.78 is 26.4. The van der Waals surface area contributed by atoms with E-state index in [2.05, 4.69) is 44.7 Å². The molecule has 6 rings (SSSR count). The molecule has 3 aromatic rings. The third-order valence-electron chi connectivity index (χ3n) is 12.1. The van der Waals surface area contributed by atoms with E-state index in [4.69, 9.17) is 28.9 Å². The van der Waals surface area contributed by atoms with Crippen molar-refractivity contribution in [3.63, 3.8) is 0 Å². The molecule has 1 amide bonds. The number of aryl methyl sites for hydroxylation is 2. The SMILES string of the molecule is C=CCOC12Oc3ccc(Oc4ccc(C)c(C)c4)cc3C3C(CCCCO)C(CCCCO)C=C(C(=NOC(C)(C)C)CC1N(C)C(=O)Cc1cccc(OC)c1)C32. The van der Waals surface area contributed by atoms with Crippen LogP contribution in [-0.2, 0) is 20.8 Å². The molecule has 10 nitrogen and oxygen atoms in total. The molecule has 2 N–H and O–H groups in total. The number of aliphatic hydroxyl groups is 2. The van der Waals surface area contributed by atoms with Crippen LogP contribution in [0, 0.1) is 31.6 Å². The van der Waals surface area contributed by atoms with Gasteiger partial charge in [-0.15, -0.1) is 6.58 Å². The number of oxime groups is 1. The lowest BCUT2D eigenvalue weighted by Gasteiger charge is -2.59. The normalized spacial score (nSPS) is 24.0. The maximum atomic E-state index is 14.5. The standard InChI is InChI=1S/C49H64N2O8/c1-9-25-56-49-44(51(7)45(54)28-34-15-14-17-36(27-34)55-8)31-42(50-59-48(4,5)6)40-29-35(16-10-12-23-52)39(18-11-13-24-53)46(47(40)49)41-30-38(21-22-43(41)58-49)57-37-20-19-32(2)33(3)26-37/h9,14-15,17,19-22,26-27,29-30,35,39,44,46-47,52-53H,1,10-13,16,18,23-25,28,31H2,2-8H3. The molecule has 10 heteroatoms. The predicted octanol–water partition coefficient (Wildman–Crippen LogP) is 9.24. The second kappa shape index (κ2) is 19.2. The minimum Gasteiger partial charge on any atom is -0.497 e. The Hall–Kier alpha value is -4.64. The summed E-state index contributed by atoms with van der Waals surface area (Å²) in [5, 5.41) is 24.7. The van der Waals surface area contributed by atoms with Gasteiger partial charge in [-0.25, -0.2) is 0 Å². The van der Waals surface area contributed by atoms with Gasteiger partial charge < -0.3 is 38.9 Å². The topological polar surface area (TPSA) is 119 Å². The molecule has 1 saturated carbocycles. The maximum Gasteiger partial charge on any atom is 0.239 e. The van der Waals surface area contributed by atoms with Crippen LogP contribution >= 0.6 is 0 Å². The Morgan fingerprint density at radius 2 is 1.69 bits per heavy atom. The van der Waals surface area contributed by atoms with E-state index < -0.39 is 23.3 Å². The number of allylic oxidation sites excluding steroid dienone is 1. The van der Waals surface area contributed by atoms with Crippen molar-refractivity contribution >= 4 is 11.6 Å². The molecule has 3 aliphatic rings. The monoisotopic (exact) mass is 808 g/mol. The highest BCUT2D eigenvalue weighted by atomic mass is 16.7. The number of carbonyl (C=O) groups is 1. The van der Waals surface area contributed by atoms with Crippen molar-refractivity contribution in [2.24, 2.45) is 22.9 Å². The fraction of sp³-hybridized carbons (Fsp3) is 0.510. The summed E-state index contributed by atoms with van der Waals surface area (Å²) in [6, 6.07) is 19.1. The van der Waals surface area contributed by atoms with Gasteiger partial charge in [0.15, 0.2) is 0 Å². The molecule has 6 unspecified atom stereocenters. The van der Waals surface area contributed by atoms with Crippen molar-refractivity contribution in [3.8, 4) is 23.0 Å². The summed E-state index contributed by atoms with van der Waals surface area (Å²) in [6.07, 6.45) is 9.33. The zero-order valence-corrected chi connectivity index (χ0v) is 36.0. The number of aliphatic hydroxyl groups excluding tert-OH is 2. The quantitative estimate of drug-likeness (QED) is 0.0742. The summed E-state index contributed by atoms with van der Waals surface area (Å²) in [5.74, 6) is 1.02. The van der Waals surface area contributed by atoms with Crippen LogP contribution in [0.5, 0.6) is 23.0 Å². The Kier molecular flexibility index (Phi) is 14.3. The second-order valence-corrected chi connectivity index (χ2v) is 17.4. The summed E-state index contributed by atoms with van der Waals surface area (Å²) in [5.41, 5.74) is 5.36. The summed E-state index contributed by atoms with van der Waals surface area (Å²) in [4.78, 5) is 22.5. The van der Waals surface area contributed by atoms with Gasteiger partial charge >= 0.3 is 0 Å². The van der Waals surface area contributed by atoms with Crippen molar-refractivity contribution in [2.75, 3.05) is 34.0 Å². The maximum absolute atomic E-state index is 14.5. The number of hydrogen-bond acceptors (Lipinski definition) is 9. The van der Waals surface area contributed by atoms with E-state index in [1.54, 1.807) is 18.1 Å². The van der Waals surface area contributed by atoms with Gasteiger partial charge in [-0.3, -0.25) is 4.79 Å². The molecule has 1 fully saturated rings. The lowest BCUT2D eigenvalue weighted by atomic mass is 9.55. The summed E-state index contributed by atoms with van der Waals surface area (Å²) in [7, 11) is 3.45. The van der Waals surface area contributed by atoms with Crippen LogP contribution in [0.15, 0.2) is 90.1 Å². The summed E-state index contributed by atoms with van der Waals surface area (Å²) in [6.45, 7) is 14.6. The van der Waals surface area contributed by atoms with Crippen molar-refractivity contribution in [1.82, 2.24) is 4.90 Å². The number of rotatable bonds is 18. The average Bonchev–Trinajstić information content (AvgIpc) is 3.21. The first-order valence-corrected chi connectivity index (χ1v) is 21.2. The molecule has 0 spiro atoms. The number of methoxy groups -OCH3 is 1. The highest BCUT2D eigenvalue weighted by Gasteiger charge is 2.65. The number of carbonyl (C=O) groups excluding carboxylic acids is 1. The van der Waals surface area contributed by atoms with Gasteiger partial charge in [0.05, 0.1) is 31.8 Å². The van der Waals surface area contributed by atoms with Gasteiger partial charge in [0.1, 0.15) is 34.6 Å². The first-order valence-electron chi connectivity index (χ1n) is 21.2. The van der Waals surface area contributed by atoms with Gasteiger partial charge in [0, 0.05) is 38.2 Å². The number of nitrogens with zero attached hydrogens (tertiary/aromatic N) is 2. The number of amides is 1. The molecular weight excluding hydrogens is 745 g/mol. The van der Waals surface area contributed by atoms with Crippen molar-refractivity contribution in [2.45, 2.75) is 109 Å². The van der Waals surface area contributed by atoms with E-state index in [1.807, 2.05) is 70.3 Å². The first-order chi connectivity index (χ1) is 28.3. The Labute approximate surface area is 350 Å². The van der Waals surface area contributed by atoms with Crippen LogP contribution in [0.25, 0.3) is 0 Å². The molecule has 3 aromatic carbocycles. The molecule has 59 heavy (non-hydrogen) atoms. The lowest BCUT2D eigenvalue weighted by molar-refractivity contribution is -0.255. The first kappa shape index (κ1) is 43.9. The Bertz CT molecular complexity index is 2000. The van der Waals surface area contributed by atoms with Crippen molar-refractivity contribution in [3.05, 3.63) is 107 Å². The molecule has 0 saturated heterocycles. The molecule has 318 valence electrons. The molecule has 1 heterocycles. The highest BCUT2D eigenvalue weighted by Crippen LogP contribution is 2.62. The van der Waals surface area contributed by atoms with Crippen LogP contribution in [0.1, 0.15) is 93.9 Å². The number of ether oxygens (including phenoxy) is 4. The molecular formula is C49H64N2O8. The zero-order valence-electron chi connectivity index (χ0n) is 36.0. The van der Waals surface area contributed by atoms with Crippen molar-refractivity contribution < 1.29 is 38.8 Å². The highest BCUT2D eigenvalue weighted by molar-refractivity contribution is 6.03.